The molecule has 1 saturated carbocycles. The highest BCUT2D eigenvalue weighted by atomic mass is 16.5. The highest BCUT2D eigenvalue weighted by molar-refractivity contribution is 5.88. The lowest BCUT2D eigenvalue weighted by molar-refractivity contribution is -0.142. The van der Waals surface area contributed by atoms with E-state index in [1.807, 2.05) is 65.0 Å². The zero-order valence-electron chi connectivity index (χ0n) is 20.7. The fourth-order valence-electron chi connectivity index (χ4n) is 4.41. The zero-order valence-corrected chi connectivity index (χ0v) is 20.7. The number of amides is 2. The second-order valence-electron chi connectivity index (χ2n) is 9.52. The van der Waals surface area contributed by atoms with Crippen LogP contribution in [0.4, 0.5) is 0 Å². The van der Waals surface area contributed by atoms with Crippen LogP contribution in [0.1, 0.15) is 66.8 Å². The van der Waals surface area contributed by atoms with E-state index in [9.17, 15) is 9.59 Å². The highest BCUT2D eigenvalue weighted by Gasteiger charge is 2.28. The number of nitrogens with one attached hydrogen (secondary N) is 1. The maximum Gasteiger partial charge on any atom is 0.261 e. The van der Waals surface area contributed by atoms with E-state index in [4.69, 9.17) is 4.74 Å². The van der Waals surface area contributed by atoms with E-state index in [0.29, 0.717) is 6.54 Å². The molecule has 0 spiro atoms. The van der Waals surface area contributed by atoms with Crippen LogP contribution in [0, 0.1) is 27.7 Å². The maximum absolute atomic E-state index is 13.3. The Labute approximate surface area is 198 Å². The van der Waals surface area contributed by atoms with Crippen molar-refractivity contribution in [3.8, 4) is 5.75 Å². The lowest BCUT2D eigenvalue weighted by atomic mass is 9.95. The first-order valence-electron chi connectivity index (χ1n) is 12.1. The van der Waals surface area contributed by atoms with Crippen LogP contribution in [0.25, 0.3) is 0 Å². The second-order valence-corrected chi connectivity index (χ2v) is 9.52. The fraction of sp³-hybridized carbons (Fsp3) is 0.500. The SMILES string of the molecule is Cc1ccc(CN(C(=O)COc2cc(C)cc(C)c2C)[C@@H](C)C(=O)NC2CCCCC2)cc1. The van der Waals surface area contributed by atoms with Gasteiger partial charge in [-0.2, -0.15) is 0 Å². The number of aryl methyl sites for hydroxylation is 3. The van der Waals surface area contributed by atoms with Gasteiger partial charge in [-0.3, -0.25) is 9.59 Å². The molecule has 0 aliphatic heterocycles. The van der Waals surface area contributed by atoms with Gasteiger partial charge in [0.2, 0.25) is 5.91 Å². The van der Waals surface area contributed by atoms with Crippen molar-refractivity contribution < 1.29 is 14.3 Å². The molecule has 0 bridgehead atoms. The number of carbonyl (C=O) groups is 2. The van der Waals surface area contributed by atoms with Crippen LogP contribution in [0.2, 0.25) is 0 Å². The molecule has 0 heterocycles. The Kier molecular flexibility index (Phi) is 8.54. The first kappa shape index (κ1) is 24.8. The number of carbonyl (C=O) groups excluding carboxylic acids is 2. The molecule has 5 nitrogen and oxygen atoms in total. The molecule has 2 aromatic carbocycles. The Morgan fingerprint density at radius 1 is 1.00 bits per heavy atom. The summed E-state index contributed by atoms with van der Waals surface area (Å²) in [5.41, 5.74) is 5.41. The van der Waals surface area contributed by atoms with E-state index in [2.05, 4.69) is 11.4 Å². The van der Waals surface area contributed by atoms with Crippen LogP contribution >= 0.6 is 0 Å². The minimum absolute atomic E-state index is 0.0926. The summed E-state index contributed by atoms with van der Waals surface area (Å²) in [5.74, 6) is 0.431. The molecular weight excluding hydrogens is 412 g/mol. The van der Waals surface area contributed by atoms with E-state index < -0.39 is 6.04 Å². The summed E-state index contributed by atoms with van der Waals surface area (Å²) in [7, 11) is 0. The van der Waals surface area contributed by atoms with Crippen molar-refractivity contribution in [1.82, 2.24) is 10.2 Å². The molecule has 2 aromatic rings. The Morgan fingerprint density at radius 2 is 1.67 bits per heavy atom. The fourth-order valence-corrected chi connectivity index (χ4v) is 4.41. The third-order valence-corrected chi connectivity index (χ3v) is 6.71. The highest BCUT2D eigenvalue weighted by Crippen LogP contribution is 2.24. The quantitative estimate of drug-likeness (QED) is 0.604. The molecule has 1 N–H and O–H groups in total. The largest absolute Gasteiger partial charge is 0.483 e. The molecular formula is C28H38N2O3. The summed E-state index contributed by atoms with van der Waals surface area (Å²) in [6.07, 6.45) is 5.55. The van der Waals surface area contributed by atoms with Crippen molar-refractivity contribution in [1.29, 1.82) is 0 Å². The molecule has 1 aliphatic carbocycles. The van der Waals surface area contributed by atoms with Crippen molar-refractivity contribution >= 4 is 11.8 Å². The van der Waals surface area contributed by atoms with Gasteiger partial charge in [-0.25, -0.2) is 0 Å². The van der Waals surface area contributed by atoms with Crippen LogP contribution < -0.4 is 10.1 Å². The van der Waals surface area contributed by atoms with Gasteiger partial charge in [-0.1, -0.05) is 55.2 Å². The third kappa shape index (κ3) is 6.83. The summed E-state index contributed by atoms with van der Waals surface area (Å²) in [6.45, 7) is 10.2. The minimum atomic E-state index is -0.579. The summed E-state index contributed by atoms with van der Waals surface area (Å²) in [4.78, 5) is 28.0. The van der Waals surface area contributed by atoms with Crippen LogP contribution in [0.3, 0.4) is 0 Å². The molecule has 0 radical (unpaired) electrons. The first-order valence-corrected chi connectivity index (χ1v) is 12.1. The molecule has 0 aromatic heterocycles. The van der Waals surface area contributed by atoms with Gasteiger partial charge in [-0.05, 0) is 75.8 Å². The van der Waals surface area contributed by atoms with Gasteiger partial charge in [-0.15, -0.1) is 0 Å². The Balaban J connectivity index is 1.74. The minimum Gasteiger partial charge on any atom is -0.483 e. The molecule has 1 atom stereocenters. The van der Waals surface area contributed by atoms with Crippen LogP contribution in [-0.4, -0.2) is 35.4 Å². The van der Waals surface area contributed by atoms with Gasteiger partial charge >= 0.3 is 0 Å². The number of nitrogens with zero attached hydrogens (tertiary/aromatic N) is 1. The number of rotatable bonds is 8. The van der Waals surface area contributed by atoms with Gasteiger partial charge < -0.3 is 15.0 Å². The topological polar surface area (TPSA) is 58.6 Å². The Bertz CT molecular complexity index is 962. The third-order valence-electron chi connectivity index (χ3n) is 6.71. The molecule has 3 rings (SSSR count). The molecule has 2 amide bonds. The monoisotopic (exact) mass is 450 g/mol. The smallest absolute Gasteiger partial charge is 0.261 e. The van der Waals surface area contributed by atoms with Gasteiger partial charge in [0.25, 0.3) is 5.91 Å². The normalized spacial score (nSPS) is 15.1. The molecule has 0 saturated heterocycles. The van der Waals surface area contributed by atoms with Crippen molar-refractivity contribution in [3.63, 3.8) is 0 Å². The lowest BCUT2D eigenvalue weighted by Crippen LogP contribution is -2.51. The van der Waals surface area contributed by atoms with E-state index in [1.165, 1.54) is 6.42 Å². The van der Waals surface area contributed by atoms with Crippen molar-refractivity contribution in [2.24, 2.45) is 0 Å². The summed E-state index contributed by atoms with van der Waals surface area (Å²) >= 11 is 0. The van der Waals surface area contributed by atoms with Crippen molar-refractivity contribution in [3.05, 3.63) is 64.2 Å². The Morgan fingerprint density at radius 3 is 2.33 bits per heavy atom. The molecule has 33 heavy (non-hydrogen) atoms. The predicted octanol–water partition coefficient (Wildman–Crippen LogP) is 5.17. The standard InChI is InChI=1S/C28H38N2O3/c1-19-11-13-24(14-12-19)17-30(23(5)28(32)29-25-9-7-6-8-10-25)27(31)18-33-26-16-20(2)15-21(3)22(26)4/h11-16,23,25H,6-10,17-18H2,1-5H3,(H,29,32)/t23-/m0/s1. The van der Waals surface area contributed by atoms with Crippen molar-refractivity contribution in [2.75, 3.05) is 6.61 Å². The average molecular weight is 451 g/mol. The Hall–Kier alpha value is -2.82. The number of benzene rings is 2. The van der Waals surface area contributed by atoms with Crippen LogP contribution in [-0.2, 0) is 16.1 Å². The van der Waals surface area contributed by atoms with E-state index in [1.54, 1.807) is 4.90 Å². The maximum atomic E-state index is 13.3. The number of hydrogen-bond donors (Lipinski definition) is 1. The van der Waals surface area contributed by atoms with E-state index in [-0.39, 0.29) is 24.5 Å². The molecule has 0 unspecified atom stereocenters. The molecule has 1 fully saturated rings. The molecule has 5 heteroatoms. The van der Waals surface area contributed by atoms with Crippen LogP contribution in [0.5, 0.6) is 5.75 Å². The number of ether oxygens (including phenoxy) is 1. The van der Waals surface area contributed by atoms with Gasteiger partial charge in [0, 0.05) is 12.6 Å². The van der Waals surface area contributed by atoms with E-state index in [0.717, 1.165) is 59.3 Å². The van der Waals surface area contributed by atoms with Gasteiger partial charge in [0.05, 0.1) is 0 Å². The lowest BCUT2D eigenvalue weighted by Gasteiger charge is -2.31. The zero-order chi connectivity index (χ0) is 24.0. The van der Waals surface area contributed by atoms with E-state index >= 15 is 0 Å². The van der Waals surface area contributed by atoms with Gasteiger partial charge in [0.15, 0.2) is 6.61 Å². The summed E-state index contributed by atoms with van der Waals surface area (Å²) in [5, 5.41) is 3.17. The second kappa shape index (κ2) is 11.4. The van der Waals surface area contributed by atoms with Crippen molar-refractivity contribution in [2.45, 2.75) is 85.4 Å². The predicted molar refractivity (Wildman–Crippen MR) is 132 cm³/mol. The van der Waals surface area contributed by atoms with Crippen LogP contribution in [0.15, 0.2) is 36.4 Å². The summed E-state index contributed by atoms with van der Waals surface area (Å²) < 4.78 is 5.95. The summed E-state index contributed by atoms with van der Waals surface area (Å²) in [6, 6.07) is 11.8. The van der Waals surface area contributed by atoms with Gasteiger partial charge in [0.1, 0.15) is 11.8 Å². The number of hydrogen-bond acceptors (Lipinski definition) is 3. The molecule has 178 valence electrons. The molecule has 1 aliphatic rings. The average Bonchev–Trinajstić information content (AvgIpc) is 2.80. The first-order chi connectivity index (χ1) is 15.7.